The molecular formula is C38H42F4N4O7. The fourth-order valence-corrected chi connectivity index (χ4v) is 7.23. The lowest BCUT2D eigenvalue weighted by atomic mass is 9.85. The van der Waals surface area contributed by atoms with Crippen LogP contribution in [0, 0.1) is 12.7 Å². The molecule has 284 valence electrons. The predicted octanol–water partition coefficient (Wildman–Crippen LogP) is 5.52. The number of rotatable bonds is 13. The van der Waals surface area contributed by atoms with Crippen LogP contribution in [0.25, 0.3) is 0 Å². The predicted molar refractivity (Wildman–Crippen MR) is 185 cm³/mol. The Hall–Kier alpha value is -4.73. The van der Waals surface area contributed by atoms with E-state index in [1.54, 1.807) is 38.1 Å². The molecule has 4 aromatic rings. The van der Waals surface area contributed by atoms with Gasteiger partial charge in [0.25, 0.3) is 5.56 Å². The number of esters is 1. The zero-order chi connectivity index (χ0) is 37.9. The largest absolute Gasteiger partial charge is 0.508 e. The molecule has 1 atom stereocenters. The van der Waals surface area contributed by atoms with Gasteiger partial charge in [0.1, 0.15) is 22.9 Å². The Kier molecular flexibility index (Phi) is 11.3. The van der Waals surface area contributed by atoms with E-state index >= 15 is 4.39 Å². The molecule has 0 amide bonds. The van der Waals surface area contributed by atoms with E-state index in [0.717, 1.165) is 10.6 Å². The van der Waals surface area contributed by atoms with Crippen molar-refractivity contribution in [2.75, 3.05) is 26.2 Å². The second-order valence-corrected chi connectivity index (χ2v) is 13.5. The number of benzene rings is 2. The number of ether oxygens (including phenoxy) is 2. The second kappa shape index (κ2) is 15.7. The highest BCUT2D eigenvalue weighted by atomic mass is 19.4. The van der Waals surface area contributed by atoms with Gasteiger partial charge < -0.3 is 24.3 Å². The molecule has 0 bridgehead atoms. The summed E-state index contributed by atoms with van der Waals surface area (Å²) < 4.78 is 73.6. The van der Waals surface area contributed by atoms with Crippen LogP contribution in [0.4, 0.5) is 17.6 Å². The van der Waals surface area contributed by atoms with Crippen LogP contribution >= 0.6 is 0 Å². The van der Waals surface area contributed by atoms with E-state index in [-0.39, 0.29) is 62.3 Å². The third-order valence-electron chi connectivity index (χ3n) is 10.0. The molecule has 1 fully saturated rings. The maximum absolute atomic E-state index is 15.2. The zero-order valence-electron chi connectivity index (χ0n) is 29.5. The Morgan fingerprint density at radius 3 is 2.49 bits per heavy atom. The van der Waals surface area contributed by atoms with Gasteiger partial charge in [0.2, 0.25) is 5.76 Å². The first kappa shape index (κ1) is 38.0. The fourth-order valence-electron chi connectivity index (χ4n) is 7.23. The van der Waals surface area contributed by atoms with Crippen molar-refractivity contribution in [3.63, 3.8) is 0 Å². The van der Waals surface area contributed by atoms with Gasteiger partial charge in [-0.2, -0.15) is 13.2 Å². The summed E-state index contributed by atoms with van der Waals surface area (Å²) >= 11 is 0. The molecule has 2 aliphatic heterocycles. The van der Waals surface area contributed by atoms with Crippen LogP contribution in [-0.4, -0.2) is 51.4 Å². The summed E-state index contributed by atoms with van der Waals surface area (Å²) in [6.45, 7) is 4.51. The van der Waals surface area contributed by atoms with E-state index in [1.165, 1.54) is 28.8 Å². The lowest BCUT2D eigenvalue weighted by Gasteiger charge is -2.38. The quantitative estimate of drug-likeness (QED) is 0.103. The van der Waals surface area contributed by atoms with Crippen molar-refractivity contribution in [2.45, 2.75) is 83.6 Å². The van der Waals surface area contributed by atoms with Crippen LogP contribution in [0.3, 0.4) is 0 Å². The minimum atomic E-state index is -4.60. The second-order valence-electron chi connectivity index (χ2n) is 13.5. The molecule has 2 aromatic carbocycles. The lowest BCUT2D eigenvalue weighted by Crippen LogP contribution is -2.50. The van der Waals surface area contributed by atoms with Gasteiger partial charge in [0.05, 0.1) is 50.1 Å². The molecule has 2 N–H and O–H groups in total. The number of aryl methyl sites for hydroxylation is 1. The third kappa shape index (κ3) is 8.26. The highest BCUT2D eigenvalue weighted by molar-refractivity contribution is 5.69. The molecule has 2 aliphatic rings. The number of likely N-dealkylation sites (tertiary alicyclic amines) is 1. The number of carbonyl (C=O) groups excluding carboxylic acids is 1. The number of hydrogen-bond donors (Lipinski definition) is 2. The highest BCUT2D eigenvalue weighted by Gasteiger charge is 2.47. The number of fused-ring (bicyclic) bond motifs is 2. The van der Waals surface area contributed by atoms with Crippen LogP contribution in [0.5, 0.6) is 5.75 Å². The van der Waals surface area contributed by atoms with Crippen molar-refractivity contribution in [3.05, 3.63) is 121 Å². The number of alkyl halides is 3. The molecule has 0 aliphatic carbocycles. The first-order valence-electron chi connectivity index (χ1n) is 17.6. The molecular weight excluding hydrogens is 700 g/mol. The van der Waals surface area contributed by atoms with Gasteiger partial charge in [0, 0.05) is 25.1 Å². The number of phenols is 1. The standard InChI is InChI=1S/C38H42F4N4O7/c1-3-51-33(48)11-6-16-43-30(25-8-5-9-26(47)19-25)22-46-35(49)34-31(45(36(46)50)21-28-24(2)7-4-10-29(28)39)23-52-37(34)14-17-44(18-15-37)20-27-12-13-32(53-27)38(40,41)42/h4-5,7-10,12-13,19,30,43,47H,3,6,11,14-18,20-23H2,1-2H3. The SMILES string of the molecule is CCOC(=O)CCCNC(Cn1c(=O)c2c(n(Cc3c(C)cccc3F)c1=O)COC21CCN(Cc2ccc(C(F)(F)F)o2)CC1)c1cccc(O)c1. The van der Waals surface area contributed by atoms with Crippen molar-refractivity contribution in [2.24, 2.45) is 0 Å². The van der Waals surface area contributed by atoms with Gasteiger partial charge in [-0.25, -0.2) is 9.18 Å². The molecule has 0 saturated carbocycles. The molecule has 1 saturated heterocycles. The number of nitrogens with zero attached hydrogens (tertiary/aromatic N) is 3. The van der Waals surface area contributed by atoms with E-state index in [0.29, 0.717) is 61.3 Å². The monoisotopic (exact) mass is 742 g/mol. The molecule has 6 rings (SSSR count). The smallest absolute Gasteiger partial charge is 0.449 e. The zero-order valence-corrected chi connectivity index (χ0v) is 29.5. The van der Waals surface area contributed by atoms with Gasteiger partial charge >= 0.3 is 17.8 Å². The number of hydrogen-bond acceptors (Lipinski definition) is 9. The topological polar surface area (TPSA) is 128 Å². The summed E-state index contributed by atoms with van der Waals surface area (Å²) in [6.07, 6.45) is -3.42. The third-order valence-corrected chi connectivity index (χ3v) is 10.0. The van der Waals surface area contributed by atoms with Gasteiger partial charge in [-0.05, 0) is 81.1 Å². The van der Waals surface area contributed by atoms with Crippen LogP contribution in [0.15, 0.2) is 68.6 Å². The van der Waals surface area contributed by atoms with Crippen LogP contribution in [0.2, 0.25) is 0 Å². The average molecular weight is 743 g/mol. The number of nitrogens with one attached hydrogen (secondary N) is 1. The molecule has 0 radical (unpaired) electrons. The van der Waals surface area contributed by atoms with Crippen molar-refractivity contribution < 1.29 is 41.4 Å². The average Bonchev–Trinajstić information content (AvgIpc) is 3.74. The van der Waals surface area contributed by atoms with E-state index in [9.17, 15) is 32.7 Å². The van der Waals surface area contributed by atoms with E-state index in [1.807, 2.05) is 4.90 Å². The Balaban J connectivity index is 1.35. The summed E-state index contributed by atoms with van der Waals surface area (Å²) in [7, 11) is 0. The number of phenolic OH excluding ortho intramolecular Hbond substituents is 1. The molecule has 1 unspecified atom stereocenters. The molecule has 1 spiro atoms. The maximum Gasteiger partial charge on any atom is 0.449 e. The highest BCUT2D eigenvalue weighted by Crippen LogP contribution is 2.43. The first-order valence-corrected chi connectivity index (χ1v) is 17.6. The van der Waals surface area contributed by atoms with E-state index in [4.69, 9.17) is 13.9 Å². The minimum absolute atomic E-state index is 0.0159. The number of piperidine rings is 1. The van der Waals surface area contributed by atoms with Crippen molar-refractivity contribution in [1.29, 1.82) is 0 Å². The van der Waals surface area contributed by atoms with Gasteiger partial charge in [-0.3, -0.25) is 23.6 Å². The Morgan fingerprint density at radius 1 is 1.06 bits per heavy atom. The van der Waals surface area contributed by atoms with Crippen LogP contribution in [0.1, 0.15) is 78.1 Å². The Morgan fingerprint density at radius 2 is 1.81 bits per heavy atom. The summed E-state index contributed by atoms with van der Waals surface area (Å²) in [5, 5.41) is 13.6. The molecule has 2 aromatic heterocycles. The van der Waals surface area contributed by atoms with Crippen molar-refractivity contribution in [3.8, 4) is 5.75 Å². The van der Waals surface area contributed by atoms with E-state index < -0.39 is 40.6 Å². The number of aromatic nitrogens is 2. The molecule has 11 nitrogen and oxygen atoms in total. The lowest BCUT2D eigenvalue weighted by molar-refractivity contribution is -0.153. The molecule has 53 heavy (non-hydrogen) atoms. The fraction of sp³-hybridized carbons (Fsp3) is 0.447. The van der Waals surface area contributed by atoms with E-state index in [2.05, 4.69) is 5.32 Å². The normalized spacial score (nSPS) is 16.2. The van der Waals surface area contributed by atoms with Gasteiger partial charge in [0.15, 0.2) is 0 Å². The van der Waals surface area contributed by atoms with Crippen molar-refractivity contribution in [1.82, 2.24) is 19.4 Å². The van der Waals surface area contributed by atoms with Gasteiger partial charge in [-0.1, -0.05) is 24.3 Å². The number of carbonyl (C=O) groups is 1. The summed E-state index contributed by atoms with van der Waals surface area (Å²) in [5.41, 5.74) is -0.171. The number of furan rings is 1. The summed E-state index contributed by atoms with van der Waals surface area (Å²) in [5.74, 6) is -1.79. The summed E-state index contributed by atoms with van der Waals surface area (Å²) in [6, 6.07) is 12.6. The van der Waals surface area contributed by atoms with Crippen LogP contribution < -0.4 is 16.6 Å². The number of halogens is 4. The maximum atomic E-state index is 15.2. The van der Waals surface area contributed by atoms with Crippen molar-refractivity contribution >= 4 is 5.97 Å². The van der Waals surface area contributed by atoms with Crippen LogP contribution in [-0.2, 0) is 52.3 Å². The van der Waals surface area contributed by atoms with Gasteiger partial charge in [-0.15, -0.1) is 0 Å². The molecule has 15 heteroatoms. The molecule has 4 heterocycles. The number of aromatic hydroxyl groups is 1. The first-order chi connectivity index (χ1) is 25.3. The minimum Gasteiger partial charge on any atom is -0.508 e. The Labute approximate surface area is 302 Å². The Bertz CT molecular complexity index is 2040. The summed E-state index contributed by atoms with van der Waals surface area (Å²) in [4.78, 5) is 42.9.